The summed E-state index contributed by atoms with van der Waals surface area (Å²) in [7, 11) is 0. The maximum absolute atomic E-state index is 12.0. The molecule has 0 aliphatic carbocycles. The lowest BCUT2D eigenvalue weighted by atomic mass is 10.2. The molecular weight excluding hydrogens is 562 g/mol. The molecule has 9 nitrogen and oxygen atoms in total. The number of nitrogens with one attached hydrogen (secondary N) is 2. The van der Waals surface area contributed by atoms with Crippen molar-refractivity contribution in [2.24, 2.45) is 5.10 Å². The first kappa shape index (κ1) is 26.3. The highest BCUT2D eigenvalue weighted by Gasteiger charge is 2.14. The summed E-state index contributed by atoms with van der Waals surface area (Å²) in [6.07, 6.45) is 0.999. The molecule has 0 aromatic heterocycles. The molecule has 2 rings (SSSR count). The highest BCUT2D eigenvalue weighted by atomic mass is 79.9. The van der Waals surface area contributed by atoms with E-state index in [1.807, 2.05) is 13.0 Å². The van der Waals surface area contributed by atoms with Crippen molar-refractivity contribution in [1.29, 1.82) is 0 Å². The number of benzene rings is 2. The molecule has 2 N–H and O–H groups in total. The molecule has 0 atom stereocenters. The fourth-order valence-electron chi connectivity index (χ4n) is 2.52. The monoisotopic (exact) mass is 583 g/mol. The van der Waals surface area contributed by atoms with Crippen LogP contribution in [0.25, 0.3) is 0 Å². The molecule has 0 aliphatic rings. The van der Waals surface area contributed by atoms with E-state index in [1.54, 1.807) is 37.3 Å². The van der Waals surface area contributed by atoms with E-state index >= 15 is 0 Å². The Hall–Kier alpha value is -2.92. The maximum atomic E-state index is 12.0. The van der Waals surface area contributed by atoms with Crippen LogP contribution in [0, 0.1) is 0 Å². The van der Waals surface area contributed by atoms with E-state index in [1.165, 1.54) is 6.21 Å². The van der Waals surface area contributed by atoms with E-state index in [2.05, 4.69) is 47.7 Å². The second-order valence-electron chi connectivity index (χ2n) is 6.35. The van der Waals surface area contributed by atoms with Gasteiger partial charge in [0.15, 0.2) is 18.1 Å². The number of esters is 1. The molecule has 176 valence electrons. The first-order chi connectivity index (χ1) is 15.8. The standard InChI is InChI=1S/C22H23Br2N3O6/c1-3-31-18-10-14(9-16(24)22(18)33-13-21(30)32-4-2)12-25-27-20(29)11-19(28)26-17-8-6-5-7-15(17)23/h5-10,12H,3-4,11,13H2,1-2H3,(H,26,28)(H,27,29). The molecule has 2 aromatic rings. The minimum absolute atomic E-state index is 0.258. The molecule has 0 heterocycles. The van der Waals surface area contributed by atoms with Crippen LogP contribution in [0.1, 0.15) is 25.8 Å². The average molecular weight is 585 g/mol. The number of anilines is 1. The van der Waals surface area contributed by atoms with Crippen LogP contribution in [0.4, 0.5) is 5.69 Å². The van der Waals surface area contributed by atoms with E-state index in [0.717, 1.165) is 0 Å². The third-order valence-corrected chi connectivity index (χ3v) is 5.12. The lowest BCUT2D eigenvalue weighted by Gasteiger charge is -2.14. The third-order valence-electron chi connectivity index (χ3n) is 3.84. The molecule has 0 radical (unpaired) electrons. The highest BCUT2D eigenvalue weighted by molar-refractivity contribution is 9.11. The van der Waals surface area contributed by atoms with E-state index in [4.69, 9.17) is 14.2 Å². The largest absolute Gasteiger partial charge is 0.490 e. The summed E-state index contributed by atoms with van der Waals surface area (Å²) < 4.78 is 17.2. The smallest absolute Gasteiger partial charge is 0.344 e. The number of carbonyl (C=O) groups excluding carboxylic acids is 3. The van der Waals surface area contributed by atoms with Gasteiger partial charge < -0.3 is 19.5 Å². The van der Waals surface area contributed by atoms with Crippen molar-refractivity contribution in [3.05, 3.63) is 50.9 Å². The van der Waals surface area contributed by atoms with Gasteiger partial charge in [0.2, 0.25) is 11.8 Å². The van der Waals surface area contributed by atoms with Crippen LogP contribution >= 0.6 is 31.9 Å². The number of halogens is 2. The number of rotatable bonds is 11. The Labute approximate surface area is 208 Å². The molecular formula is C22H23Br2N3O6. The number of hydrazone groups is 1. The van der Waals surface area contributed by atoms with Crippen molar-refractivity contribution >= 4 is 61.5 Å². The van der Waals surface area contributed by atoms with Gasteiger partial charge in [-0.3, -0.25) is 9.59 Å². The Balaban J connectivity index is 1.97. The number of carbonyl (C=O) groups is 3. The molecule has 33 heavy (non-hydrogen) atoms. The van der Waals surface area contributed by atoms with Crippen molar-refractivity contribution in [2.45, 2.75) is 20.3 Å². The van der Waals surface area contributed by atoms with Gasteiger partial charge in [-0.1, -0.05) is 12.1 Å². The molecule has 2 aromatic carbocycles. The highest BCUT2D eigenvalue weighted by Crippen LogP contribution is 2.36. The average Bonchev–Trinajstić information content (AvgIpc) is 2.75. The Morgan fingerprint density at radius 2 is 1.76 bits per heavy atom. The van der Waals surface area contributed by atoms with E-state index < -0.39 is 24.2 Å². The SMILES string of the molecule is CCOC(=O)COc1c(Br)cc(C=NNC(=O)CC(=O)Nc2ccccc2Br)cc1OCC. The molecule has 11 heteroatoms. The van der Waals surface area contributed by atoms with Gasteiger partial charge in [-0.25, -0.2) is 10.2 Å². The van der Waals surface area contributed by atoms with Crippen LogP contribution in [0.3, 0.4) is 0 Å². The summed E-state index contributed by atoms with van der Waals surface area (Å²) in [5.41, 5.74) is 3.47. The lowest BCUT2D eigenvalue weighted by molar-refractivity contribution is -0.145. The molecule has 0 unspecified atom stereocenters. The molecule has 0 saturated heterocycles. The minimum Gasteiger partial charge on any atom is -0.490 e. The van der Waals surface area contributed by atoms with Gasteiger partial charge in [0.1, 0.15) is 6.42 Å². The van der Waals surface area contributed by atoms with Gasteiger partial charge in [-0.2, -0.15) is 5.10 Å². The quantitative estimate of drug-likeness (QED) is 0.178. The van der Waals surface area contributed by atoms with E-state index in [9.17, 15) is 14.4 Å². The summed E-state index contributed by atoms with van der Waals surface area (Å²) in [5.74, 6) is -0.816. The van der Waals surface area contributed by atoms with Crippen LogP contribution in [0.15, 0.2) is 50.4 Å². The van der Waals surface area contributed by atoms with Crippen molar-refractivity contribution < 1.29 is 28.6 Å². The number of para-hydroxylation sites is 1. The Morgan fingerprint density at radius 1 is 1.00 bits per heavy atom. The van der Waals surface area contributed by atoms with Crippen LogP contribution in [0.5, 0.6) is 11.5 Å². The van der Waals surface area contributed by atoms with Crippen LogP contribution in [0.2, 0.25) is 0 Å². The predicted octanol–water partition coefficient (Wildman–Crippen LogP) is 4.03. The Bertz CT molecular complexity index is 1030. The van der Waals surface area contributed by atoms with Gasteiger partial charge in [0.25, 0.3) is 0 Å². The summed E-state index contributed by atoms with van der Waals surface area (Å²) in [4.78, 5) is 35.6. The molecule has 0 bridgehead atoms. The van der Waals surface area contributed by atoms with Crippen molar-refractivity contribution in [2.75, 3.05) is 25.1 Å². The Morgan fingerprint density at radius 3 is 2.45 bits per heavy atom. The van der Waals surface area contributed by atoms with Gasteiger partial charge in [-0.05, 0) is 75.5 Å². The first-order valence-electron chi connectivity index (χ1n) is 9.95. The summed E-state index contributed by atoms with van der Waals surface area (Å²) in [6, 6.07) is 10.4. The molecule has 2 amide bonds. The minimum atomic E-state index is -0.575. The molecule has 0 spiro atoms. The van der Waals surface area contributed by atoms with Crippen LogP contribution in [-0.2, 0) is 19.1 Å². The first-order valence-corrected chi connectivity index (χ1v) is 11.5. The fraction of sp³-hybridized carbons (Fsp3) is 0.273. The summed E-state index contributed by atoms with van der Waals surface area (Å²) >= 11 is 6.71. The second-order valence-corrected chi connectivity index (χ2v) is 8.06. The number of amides is 2. The zero-order chi connectivity index (χ0) is 24.2. The molecule has 0 aliphatic heterocycles. The van der Waals surface area contributed by atoms with Crippen molar-refractivity contribution in [1.82, 2.24) is 5.43 Å². The third kappa shape index (κ3) is 8.85. The number of nitrogens with zero attached hydrogens (tertiary/aromatic N) is 1. The number of hydrogen-bond donors (Lipinski definition) is 2. The normalized spacial score (nSPS) is 10.5. The van der Waals surface area contributed by atoms with Gasteiger partial charge in [0, 0.05) is 4.47 Å². The lowest BCUT2D eigenvalue weighted by Crippen LogP contribution is -2.24. The molecule has 0 saturated carbocycles. The number of hydrogen-bond acceptors (Lipinski definition) is 7. The second kappa shape index (κ2) is 13.6. The fourth-order valence-corrected chi connectivity index (χ4v) is 3.48. The maximum Gasteiger partial charge on any atom is 0.344 e. The van der Waals surface area contributed by atoms with Crippen molar-refractivity contribution in [3.8, 4) is 11.5 Å². The molecule has 0 fully saturated rings. The van der Waals surface area contributed by atoms with Crippen molar-refractivity contribution in [3.63, 3.8) is 0 Å². The van der Waals surface area contributed by atoms with Gasteiger partial charge in [-0.15, -0.1) is 0 Å². The van der Waals surface area contributed by atoms with E-state index in [-0.39, 0.29) is 13.2 Å². The predicted molar refractivity (Wildman–Crippen MR) is 131 cm³/mol. The Kier molecular flexibility index (Phi) is 10.8. The summed E-state index contributed by atoms with van der Waals surface area (Å²) in [6.45, 7) is 3.88. The topological polar surface area (TPSA) is 115 Å². The zero-order valence-electron chi connectivity index (χ0n) is 18.0. The number of ether oxygens (including phenoxy) is 3. The van der Waals surface area contributed by atoms with Crippen LogP contribution in [-0.4, -0.2) is 43.8 Å². The van der Waals surface area contributed by atoms with Gasteiger partial charge >= 0.3 is 5.97 Å². The van der Waals surface area contributed by atoms with Crippen LogP contribution < -0.4 is 20.2 Å². The van der Waals surface area contributed by atoms with Gasteiger partial charge in [0.05, 0.1) is 29.6 Å². The van der Waals surface area contributed by atoms with E-state index in [0.29, 0.717) is 38.3 Å². The summed E-state index contributed by atoms with van der Waals surface area (Å²) in [5, 5.41) is 6.53. The zero-order valence-corrected chi connectivity index (χ0v) is 21.2.